The van der Waals surface area contributed by atoms with E-state index in [0.29, 0.717) is 6.61 Å². The van der Waals surface area contributed by atoms with Gasteiger partial charge in [-0.15, -0.1) is 0 Å². The van der Waals surface area contributed by atoms with Crippen molar-refractivity contribution in [2.45, 2.75) is 6.04 Å². The summed E-state index contributed by atoms with van der Waals surface area (Å²) in [5, 5.41) is 2.61. The largest absolute Gasteiger partial charge is 0.447 e. The first kappa shape index (κ1) is 8.04. The predicted molar refractivity (Wildman–Crippen MR) is 43.6 cm³/mol. The van der Waals surface area contributed by atoms with E-state index < -0.39 is 6.09 Å². The molecule has 1 fully saturated rings. The van der Waals surface area contributed by atoms with Crippen LogP contribution in [0.5, 0.6) is 0 Å². The SMILES string of the molecule is O=C1N[C@H](c2ccc(F)cc2)CO1. The molecular weight excluding hydrogens is 173 g/mol. The Hall–Kier alpha value is -1.58. The number of benzene rings is 1. The molecule has 1 aliphatic heterocycles. The molecule has 1 heterocycles. The molecule has 1 amide bonds. The molecule has 0 aromatic heterocycles. The van der Waals surface area contributed by atoms with Gasteiger partial charge < -0.3 is 10.1 Å². The first-order valence-corrected chi connectivity index (χ1v) is 3.94. The molecule has 0 spiro atoms. The Morgan fingerprint density at radius 2 is 2.08 bits per heavy atom. The molecule has 0 radical (unpaired) electrons. The number of cyclic esters (lactones) is 1. The Kier molecular flexibility index (Phi) is 1.88. The first-order chi connectivity index (χ1) is 6.25. The Morgan fingerprint density at radius 1 is 1.38 bits per heavy atom. The van der Waals surface area contributed by atoms with Crippen LogP contribution in [0.1, 0.15) is 11.6 Å². The molecule has 1 N–H and O–H groups in total. The van der Waals surface area contributed by atoms with Crippen LogP contribution in [-0.2, 0) is 4.74 Å². The fourth-order valence-corrected chi connectivity index (χ4v) is 1.26. The summed E-state index contributed by atoms with van der Waals surface area (Å²) in [4.78, 5) is 10.7. The summed E-state index contributed by atoms with van der Waals surface area (Å²) in [7, 11) is 0. The average molecular weight is 181 g/mol. The van der Waals surface area contributed by atoms with Crippen LogP contribution in [0.3, 0.4) is 0 Å². The Balaban J connectivity index is 2.17. The van der Waals surface area contributed by atoms with Crippen molar-refractivity contribution in [3.63, 3.8) is 0 Å². The van der Waals surface area contributed by atoms with Crippen LogP contribution in [0.15, 0.2) is 24.3 Å². The monoisotopic (exact) mass is 181 g/mol. The average Bonchev–Trinajstić information content (AvgIpc) is 2.53. The minimum atomic E-state index is -0.422. The summed E-state index contributed by atoms with van der Waals surface area (Å²) < 4.78 is 17.2. The molecule has 4 heteroatoms. The highest BCUT2D eigenvalue weighted by atomic mass is 19.1. The van der Waals surface area contributed by atoms with Crippen molar-refractivity contribution in [2.24, 2.45) is 0 Å². The summed E-state index contributed by atoms with van der Waals surface area (Å²) in [6.07, 6.45) is -0.422. The normalized spacial score (nSPS) is 21.0. The van der Waals surface area contributed by atoms with Gasteiger partial charge in [-0.25, -0.2) is 9.18 Å². The second-order valence-corrected chi connectivity index (χ2v) is 2.85. The molecular formula is C9H8FNO2. The number of rotatable bonds is 1. The van der Waals surface area contributed by atoms with E-state index in [1.807, 2.05) is 0 Å². The zero-order chi connectivity index (χ0) is 9.26. The fourth-order valence-electron chi connectivity index (χ4n) is 1.26. The third-order valence-corrected chi connectivity index (χ3v) is 1.95. The van der Waals surface area contributed by atoms with Gasteiger partial charge in [-0.2, -0.15) is 0 Å². The van der Waals surface area contributed by atoms with E-state index in [0.717, 1.165) is 5.56 Å². The maximum Gasteiger partial charge on any atom is 0.407 e. The molecule has 1 saturated heterocycles. The molecule has 0 saturated carbocycles. The van der Waals surface area contributed by atoms with Crippen LogP contribution in [0.25, 0.3) is 0 Å². The molecule has 13 heavy (non-hydrogen) atoms. The lowest BCUT2D eigenvalue weighted by molar-refractivity contribution is 0.177. The van der Waals surface area contributed by atoms with Crippen molar-refractivity contribution < 1.29 is 13.9 Å². The zero-order valence-electron chi connectivity index (χ0n) is 6.79. The molecule has 1 aromatic rings. The lowest BCUT2D eigenvalue weighted by atomic mass is 10.1. The number of carbonyl (C=O) groups excluding carboxylic acids is 1. The van der Waals surface area contributed by atoms with Crippen molar-refractivity contribution in [1.82, 2.24) is 5.32 Å². The molecule has 1 atom stereocenters. The highest BCUT2D eigenvalue weighted by molar-refractivity contribution is 5.70. The third-order valence-electron chi connectivity index (χ3n) is 1.95. The van der Waals surface area contributed by atoms with Gasteiger partial charge in [0.1, 0.15) is 12.4 Å². The summed E-state index contributed by atoms with van der Waals surface area (Å²) in [5.74, 6) is -0.283. The van der Waals surface area contributed by atoms with Gasteiger partial charge in [0.25, 0.3) is 0 Å². The van der Waals surface area contributed by atoms with E-state index in [2.05, 4.69) is 5.32 Å². The Morgan fingerprint density at radius 3 is 2.62 bits per heavy atom. The van der Waals surface area contributed by atoms with Crippen LogP contribution in [0.2, 0.25) is 0 Å². The van der Waals surface area contributed by atoms with Gasteiger partial charge in [0, 0.05) is 0 Å². The number of amides is 1. The molecule has 1 aromatic carbocycles. The van der Waals surface area contributed by atoms with Crippen LogP contribution in [-0.4, -0.2) is 12.7 Å². The standard InChI is InChI=1S/C9H8FNO2/c10-7-3-1-6(2-4-7)8-5-13-9(12)11-8/h1-4,8H,5H2,(H,11,12)/t8-/m0/s1. The fraction of sp³-hybridized carbons (Fsp3) is 0.222. The zero-order valence-corrected chi connectivity index (χ0v) is 6.79. The van der Waals surface area contributed by atoms with Gasteiger partial charge in [-0.3, -0.25) is 0 Å². The van der Waals surface area contributed by atoms with Gasteiger partial charge in [0.15, 0.2) is 0 Å². The van der Waals surface area contributed by atoms with Crippen molar-refractivity contribution in [1.29, 1.82) is 0 Å². The minimum absolute atomic E-state index is 0.145. The smallest absolute Gasteiger partial charge is 0.407 e. The van der Waals surface area contributed by atoms with Gasteiger partial charge >= 0.3 is 6.09 Å². The van der Waals surface area contributed by atoms with E-state index in [9.17, 15) is 9.18 Å². The van der Waals surface area contributed by atoms with E-state index in [-0.39, 0.29) is 11.9 Å². The highest BCUT2D eigenvalue weighted by Gasteiger charge is 2.23. The third kappa shape index (κ3) is 1.61. The molecule has 1 aliphatic rings. The summed E-state index contributed by atoms with van der Waals surface area (Å²) in [5.41, 5.74) is 0.854. The number of alkyl carbamates (subject to hydrolysis) is 1. The molecule has 0 aliphatic carbocycles. The van der Waals surface area contributed by atoms with Crippen LogP contribution in [0.4, 0.5) is 9.18 Å². The topological polar surface area (TPSA) is 38.3 Å². The van der Waals surface area contributed by atoms with E-state index in [1.54, 1.807) is 12.1 Å². The maximum absolute atomic E-state index is 12.5. The van der Waals surface area contributed by atoms with Gasteiger partial charge in [0.2, 0.25) is 0 Å². The minimum Gasteiger partial charge on any atom is -0.447 e. The highest BCUT2D eigenvalue weighted by Crippen LogP contribution is 2.17. The Labute approximate surface area is 74.5 Å². The lowest BCUT2D eigenvalue weighted by Crippen LogP contribution is -2.18. The second-order valence-electron chi connectivity index (χ2n) is 2.85. The Bertz CT molecular complexity index is 323. The van der Waals surface area contributed by atoms with Crippen LogP contribution >= 0.6 is 0 Å². The predicted octanol–water partition coefficient (Wildman–Crippen LogP) is 1.61. The molecule has 68 valence electrons. The van der Waals surface area contributed by atoms with Crippen molar-refractivity contribution in [3.05, 3.63) is 35.6 Å². The second kappa shape index (κ2) is 3.05. The quantitative estimate of drug-likeness (QED) is 0.714. The number of hydrogen-bond acceptors (Lipinski definition) is 2. The first-order valence-electron chi connectivity index (χ1n) is 3.94. The van der Waals surface area contributed by atoms with Crippen molar-refractivity contribution in [3.8, 4) is 0 Å². The van der Waals surface area contributed by atoms with Gasteiger partial charge in [0.05, 0.1) is 6.04 Å². The van der Waals surface area contributed by atoms with Crippen LogP contribution in [0, 0.1) is 5.82 Å². The number of ether oxygens (including phenoxy) is 1. The van der Waals surface area contributed by atoms with Crippen LogP contribution < -0.4 is 5.32 Å². The maximum atomic E-state index is 12.5. The summed E-state index contributed by atoms with van der Waals surface area (Å²) >= 11 is 0. The van der Waals surface area contributed by atoms with Gasteiger partial charge in [-0.05, 0) is 17.7 Å². The van der Waals surface area contributed by atoms with E-state index in [1.165, 1.54) is 12.1 Å². The van der Waals surface area contributed by atoms with Gasteiger partial charge in [-0.1, -0.05) is 12.1 Å². The molecule has 0 unspecified atom stereocenters. The number of halogens is 1. The summed E-state index contributed by atoms with van der Waals surface area (Å²) in [6.45, 7) is 0.310. The van der Waals surface area contributed by atoms with Crippen molar-refractivity contribution in [2.75, 3.05) is 6.61 Å². The summed E-state index contributed by atoms with van der Waals surface area (Å²) in [6, 6.07) is 5.84. The number of carbonyl (C=O) groups is 1. The van der Waals surface area contributed by atoms with Crippen molar-refractivity contribution >= 4 is 6.09 Å². The molecule has 0 bridgehead atoms. The molecule has 2 rings (SSSR count). The van der Waals surface area contributed by atoms with E-state index >= 15 is 0 Å². The molecule has 3 nitrogen and oxygen atoms in total. The lowest BCUT2D eigenvalue weighted by Gasteiger charge is -2.06. The van der Waals surface area contributed by atoms with E-state index in [4.69, 9.17) is 4.74 Å². The number of nitrogens with one attached hydrogen (secondary N) is 1. The number of hydrogen-bond donors (Lipinski definition) is 1.